The average Bonchev–Trinajstić information content (AvgIpc) is 2.21. The molecular weight excluding hydrogens is 290 g/mol. The van der Waals surface area contributed by atoms with Crippen molar-refractivity contribution in [2.24, 2.45) is 0 Å². The third-order valence-electron chi connectivity index (χ3n) is 2.03. The van der Waals surface area contributed by atoms with Gasteiger partial charge >= 0.3 is 12.1 Å². The molecule has 1 amide bonds. The first-order chi connectivity index (χ1) is 7.95. The number of aryl methyl sites for hydroxylation is 1. The molecule has 0 bridgehead atoms. The summed E-state index contributed by atoms with van der Waals surface area (Å²) in [5, 5.41) is 11.5. The quantitative estimate of drug-likeness (QED) is 0.900. The van der Waals surface area contributed by atoms with Crippen LogP contribution in [0.25, 0.3) is 0 Å². The third-order valence-corrected chi connectivity index (χ3v) is 2.49. The van der Waals surface area contributed by atoms with E-state index in [9.17, 15) is 9.59 Å². The average molecular weight is 302 g/mol. The maximum atomic E-state index is 11.3. The highest BCUT2D eigenvalue weighted by Crippen LogP contribution is 2.26. The van der Waals surface area contributed by atoms with E-state index in [4.69, 9.17) is 9.84 Å². The number of carbonyl (C=O) groups is 2. The van der Waals surface area contributed by atoms with Crippen molar-refractivity contribution in [3.05, 3.63) is 27.7 Å². The number of ether oxygens (including phenoxy) is 1. The molecule has 5 nitrogen and oxygen atoms in total. The minimum Gasteiger partial charge on any atom is -0.478 e. The van der Waals surface area contributed by atoms with Gasteiger partial charge in [0.1, 0.15) is 0 Å². The fourth-order valence-electron chi connectivity index (χ4n) is 1.35. The van der Waals surface area contributed by atoms with Crippen LogP contribution in [0.2, 0.25) is 0 Å². The number of carboxylic acids is 1. The topological polar surface area (TPSA) is 75.6 Å². The second kappa shape index (κ2) is 5.67. The minimum absolute atomic E-state index is 0.0185. The molecule has 0 spiro atoms. The molecule has 0 unspecified atom stereocenters. The number of hydrogen-bond donors (Lipinski definition) is 2. The SMILES string of the molecule is CCOC(=O)Nc1c(C)cc(Br)cc1C(=O)O. The summed E-state index contributed by atoms with van der Waals surface area (Å²) >= 11 is 3.21. The number of anilines is 1. The summed E-state index contributed by atoms with van der Waals surface area (Å²) in [6.45, 7) is 3.61. The molecule has 1 rings (SSSR count). The Morgan fingerprint density at radius 2 is 2.12 bits per heavy atom. The molecule has 0 aliphatic carbocycles. The smallest absolute Gasteiger partial charge is 0.411 e. The van der Waals surface area contributed by atoms with E-state index < -0.39 is 12.1 Å². The van der Waals surface area contributed by atoms with E-state index >= 15 is 0 Å². The van der Waals surface area contributed by atoms with E-state index in [-0.39, 0.29) is 17.9 Å². The standard InChI is InChI=1S/C11H12BrNO4/c1-3-17-11(16)13-9-6(2)4-7(12)5-8(9)10(14)15/h4-5H,3H2,1-2H3,(H,13,16)(H,14,15). The number of carbonyl (C=O) groups excluding carboxylic acids is 1. The van der Waals surface area contributed by atoms with Crippen LogP contribution in [0, 0.1) is 6.92 Å². The zero-order valence-corrected chi connectivity index (χ0v) is 11.0. The molecule has 0 aromatic heterocycles. The van der Waals surface area contributed by atoms with Gasteiger partial charge in [-0.25, -0.2) is 9.59 Å². The summed E-state index contributed by atoms with van der Waals surface area (Å²) in [5.74, 6) is -1.11. The summed E-state index contributed by atoms with van der Waals surface area (Å²) in [4.78, 5) is 22.3. The van der Waals surface area contributed by atoms with Crippen LogP contribution in [0.5, 0.6) is 0 Å². The Kier molecular flexibility index (Phi) is 4.51. The molecule has 0 aliphatic rings. The lowest BCUT2D eigenvalue weighted by molar-refractivity contribution is 0.0698. The molecule has 92 valence electrons. The van der Waals surface area contributed by atoms with Crippen LogP contribution in [0.1, 0.15) is 22.8 Å². The molecule has 1 aromatic rings. The summed E-state index contributed by atoms with van der Waals surface area (Å²) in [7, 11) is 0. The Balaban J connectivity index is 3.12. The first kappa shape index (κ1) is 13.5. The number of halogens is 1. The molecule has 0 radical (unpaired) electrons. The number of benzene rings is 1. The number of carboxylic acid groups (broad SMARTS) is 1. The van der Waals surface area contributed by atoms with Gasteiger partial charge in [-0.2, -0.15) is 0 Å². The maximum absolute atomic E-state index is 11.3. The van der Waals surface area contributed by atoms with Gasteiger partial charge in [0.05, 0.1) is 17.9 Å². The largest absolute Gasteiger partial charge is 0.478 e. The third kappa shape index (κ3) is 3.45. The van der Waals surface area contributed by atoms with Crippen LogP contribution in [-0.2, 0) is 4.74 Å². The van der Waals surface area contributed by atoms with Gasteiger partial charge in [0.15, 0.2) is 0 Å². The lowest BCUT2D eigenvalue weighted by atomic mass is 10.1. The molecule has 2 N–H and O–H groups in total. The highest BCUT2D eigenvalue weighted by Gasteiger charge is 2.16. The predicted molar refractivity (Wildman–Crippen MR) is 66.5 cm³/mol. The molecule has 1 aromatic carbocycles. The Morgan fingerprint density at radius 1 is 1.47 bits per heavy atom. The highest BCUT2D eigenvalue weighted by atomic mass is 79.9. The number of hydrogen-bond acceptors (Lipinski definition) is 3. The molecule has 0 saturated heterocycles. The van der Waals surface area contributed by atoms with Crippen molar-refractivity contribution in [3.63, 3.8) is 0 Å². The lowest BCUT2D eigenvalue weighted by Crippen LogP contribution is -2.17. The molecule has 0 saturated carbocycles. The Morgan fingerprint density at radius 3 is 2.65 bits per heavy atom. The van der Waals surface area contributed by atoms with Crippen LogP contribution in [0.3, 0.4) is 0 Å². The van der Waals surface area contributed by atoms with Crippen molar-refractivity contribution >= 4 is 33.7 Å². The van der Waals surface area contributed by atoms with Crippen LogP contribution < -0.4 is 5.32 Å². The normalized spacial score (nSPS) is 9.82. The zero-order valence-electron chi connectivity index (χ0n) is 9.41. The Hall–Kier alpha value is -1.56. The van der Waals surface area contributed by atoms with Gasteiger partial charge in [0.2, 0.25) is 0 Å². The summed E-state index contributed by atoms with van der Waals surface area (Å²) in [6, 6.07) is 3.14. The number of nitrogens with one attached hydrogen (secondary N) is 1. The first-order valence-electron chi connectivity index (χ1n) is 4.93. The van der Waals surface area contributed by atoms with Gasteiger partial charge in [0, 0.05) is 4.47 Å². The highest BCUT2D eigenvalue weighted by molar-refractivity contribution is 9.10. The van der Waals surface area contributed by atoms with E-state index in [1.54, 1.807) is 19.9 Å². The van der Waals surface area contributed by atoms with Crippen molar-refractivity contribution in [1.82, 2.24) is 0 Å². The second-order valence-electron chi connectivity index (χ2n) is 3.30. The summed E-state index contributed by atoms with van der Waals surface area (Å²) < 4.78 is 5.35. The van der Waals surface area contributed by atoms with Crippen molar-refractivity contribution < 1.29 is 19.4 Å². The molecule has 6 heteroatoms. The van der Waals surface area contributed by atoms with Crippen LogP contribution in [0.4, 0.5) is 10.5 Å². The Labute approximate surface area is 107 Å². The van der Waals surface area contributed by atoms with Crippen LogP contribution >= 0.6 is 15.9 Å². The van der Waals surface area contributed by atoms with E-state index in [2.05, 4.69) is 21.2 Å². The molecule has 0 aliphatic heterocycles. The van der Waals surface area contributed by atoms with Crippen molar-refractivity contribution in [2.75, 3.05) is 11.9 Å². The zero-order chi connectivity index (χ0) is 13.0. The molecule has 0 heterocycles. The molecule has 0 atom stereocenters. The van der Waals surface area contributed by atoms with Crippen LogP contribution in [0.15, 0.2) is 16.6 Å². The fourth-order valence-corrected chi connectivity index (χ4v) is 1.92. The van der Waals surface area contributed by atoms with Crippen LogP contribution in [-0.4, -0.2) is 23.8 Å². The van der Waals surface area contributed by atoms with Crippen molar-refractivity contribution in [1.29, 1.82) is 0 Å². The van der Waals surface area contributed by atoms with Crippen molar-refractivity contribution in [3.8, 4) is 0 Å². The van der Waals surface area contributed by atoms with Gasteiger partial charge in [-0.05, 0) is 31.5 Å². The monoisotopic (exact) mass is 301 g/mol. The van der Waals surface area contributed by atoms with Gasteiger partial charge in [0.25, 0.3) is 0 Å². The van der Waals surface area contributed by atoms with Crippen molar-refractivity contribution in [2.45, 2.75) is 13.8 Å². The van der Waals surface area contributed by atoms with Gasteiger partial charge < -0.3 is 9.84 Å². The lowest BCUT2D eigenvalue weighted by Gasteiger charge is -2.11. The number of rotatable bonds is 3. The van der Waals surface area contributed by atoms with E-state index in [1.807, 2.05) is 0 Å². The minimum atomic E-state index is -1.11. The Bertz CT molecular complexity index is 459. The number of amides is 1. The molecule has 17 heavy (non-hydrogen) atoms. The van der Waals surface area contributed by atoms with E-state index in [1.165, 1.54) is 6.07 Å². The first-order valence-corrected chi connectivity index (χ1v) is 5.72. The second-order valence-corrected chi connectivity index (χ2v) is 4.21. The van der Waals surface area contributed by atoms with Gasteiger partial charge in [-0.3, -0.25) is 5.32 Å². The number of aromatic carboxylic acids is 1. The van der Waals surface area contributed by atoms with E-state index in [0.29, 0.717) is 10.0 Å². The summed E-state index contributed by atoms with van der Waals surface area (Å²) in [5.41, 5.74) is 0.911. The predicted octanol–water partition coefficient (Wildman–Crippen LogP) is 3.02. The maximum Gasteiger partial charge on any atom is 0.411 e. The molecule has 0 fully saturated rings. The van der Waals surface area contributed by atoms with Gasteiger partial charge in [-0.1, -0.05) is 15.9 Å². The summed E-state index contributed by atoms with van der Waals surface area (Å²) in [6.07, 6.45) is -0.666. The van der Waals surface area contributed by atoms with Gasteiger partial charge in [-0.15, -0.1) is 0 Å². The molecular formula is C11H12BrNO4. The van der Waals surface area contributed by atoms with E-state index in [0.717, 1.165) is 0 Å². The fraction of sp³-hybridized carbons (Fsp3) is 0.273.